The molecular formula is C20H30O5. The van der Waals surface area contributed by atoms with E-state index in [1.54, 1.807) is 0 Å². The quantitative estimate of drug-likeness (QED) is 0.330. The van der Waals surface area contributed by atoms with Gasteiger partial charge in [0.2, 0.25) is 18.3 Å². The molecule has 0 amide bonds. The highest BCUT2D eigenvalue weighted by atomic mass is 16.7. The first kappa shape index (κ1) is 19.4. The van der Waals surface area contributed by atoms with Crippen LogP contribution in [0.1, 0.15) is 87.6 Å². The summed E-state index contributed by atoms with van der Waals surface area (Å²) < 4.78 is 10.7. The minimum absolute atomic E-state index is 0.0460. The molecule has 1 aliphatic rings. The van der Waals surface area contributed by atoms with Crippen LogP contribution in [0.25, 0.3) is 0 Å². The summed E-state index contributed by atoms with van der Waals surface area (Å²) in [6.45, 7) is 4.12. The van der Waals surface area contributed by atoms with Gasteiger partial charge in [-0.25, -0.2) is 0 Å². The van der Waals surface area contributed by atoms with Crippen molar-refractivity contribution in [3.63, 3.8) is 0 Å². The van der Waals surface area contributed by atoms with Crippen molar-refractivity contribution >= 4 is 5.78 Å². The van der Waals surface area contributed by atoms with E-state index in [-0.39, 0.29) is 35.6 Å². The average Bonchev–Trinajstić information content (AvgIpc) is 3.08. The van der Waals surface area contributed by atoms with Crippen LogP contribution in [0.4, 0.5) is 0 Å². The normalized spacial score (nSPS) is 12.6. The topological polar surface area (TPSA) is 76.0 Å². The average molecular weight is 350 g/mol. The number of rotatable bonds is 11. The number of carbonyl (C=O) groups excluding carboxylic acids is 1. The van der Waals surface area contributed by atoms with Crippen LogP contribution in [0.5, 0.6) is 23.0 Å². The third kappa shape index (κ3) is 4.59. The molecule has 25 heavy (non-hydrogen) atoms. The highest BCUT2D eigenvalue weighted by Gasteiger charge is 2.32. The molecule has 0 atom stereocenters. The van der Waals surface area contributed by atoms with Gasteiger partial charge in [0.1, 0.15) is 0 Å². The zero-order valence-electron chi connectivity index (χ0n) is 15.4. The second kappa shape index (κ2) is 9.54. The van der Waals surface area contributed by atoms with Crippen molar-refractivity contribution in [2.24, 2.45) is 0 Å². The van der Waals surface area contributed by atoms with Crippen molar-refractivity contribution in [1.29, 1.82) is 0 Å². The summed E-state index contributed by atoms with van der Waals surface area (Å²) in [5.74, 6) is -0.265. The van der Waals surface area contributed by atoms with Gasteiger partial charge in [-0.2, -0.15) is 0 Å². The third-order valence-corrected chi connectivity index (χ3v) is 4.65. The Kier molecular flexibility index (Phi) is 7.41. The first-order valence-corrected chi connectivity index (χ1v) is 9.51. The van der Waals surface area contributed by atoms with Gasteiger partial charge in [-0.15, -0.1) is 0 Å². The molecule has 2 N–H and O–H groups in total. The molecule has 1 aromatic carbocycles. The second-order valence-electron chi connectivity index (χ2n) is 6.66. The Labute approximate surface area is 150 Å². The maximum absolute atomic E-state index is 12.8. The maximum atomic E-state index is 12.8. The number of unbranched alkanes of at least 4 members (excludes halogenated alkanes) is 6. The summed E-state index contributed by atoms with van der Waals surface area (Å²) in [6, 6.07) is 0. The Morgan fingerprint density at radius 1 is 0.880 bits per heavy atom. The van der Waals surface area contributed by atoms with Crippen LogP contribution in [0, 0.1) is 0 Å². The predicted octanol–water partition coefficient (Wildman–Crippen LogP) is 5.10. The molecule has 0 spiro atoms. The number of benzene rings is 1. The van der Waals surface area contributed by atoms with Gasteiger partial charge in [0.15, 0.2) is 17.3 Å². The van der Waals surface area contributed by atoms with Gasteiger partial charge >= 0.3 is 0 Å². The van der Waals surface area contributed by atoms with Crippen molar-refractivity contribution in [1.82, 2.24) is 0 Å². The lowest BCUT2D eigenvalue weighted by Crippen LogP contribution is -2.07. The van der Waals surface area contributed by atoms with Crippen molar-refractivity contribution in [3.8, 4) is 23.0 Å². The van der Waals surface area contributed by atoms with Crippen molar-refractivity contribution in [3.05, 3.63) is 11.1 Å². The van der Waals surface area contributed by atoms with E-state index in [2.05, 4.69) is 6.92 Å². The minimum Gasteiger partial charge on any atom is -0.504 e. The van der Waals surface area contributed by atoms with Crippen molar-refractivity contribution in [2.75, 3.05) is 6.79 Å². The summed E-state index contributed by atoms with van der Waals surface area (Å²) in [6.07, 6.45) is 9.67. The van der Waals surface area contributed by atoms with Crippen LogP contribution in [-0.2, 0) is 6.42 Å². The first-order chi connectivity index (χ1) is 12.1. The molecule has 2 rings (SSSR count). The maximum Gasteiger partial charge on any atom is 0.231 e. The molecule has 0 saturated heterocycles. The number of phenolic OH excluding ortho intramolecular Hbond substituents is 2. The molecule has 0 aliphatic carbocycles. The number of hydrogen-bond donors (Lipinski definition) is 2. The van der Waals surface area contributed by atoms with E-state index in [4.69, 9.17) is 9.47 Å². The van der Waals surface area contributed by atoms with Crippen LogP contribution in [0.15, 0.2) is 0 Å². The van der Waals surface area contributed by atoms with Crippen LogP contribution < -0.4 is 9.47 Å². The third-order valence-electron chi connectivity index (χ3n) is 4.65. The van der Waals surface area contributed by atoms with Gasteiger partial charge in [-0.1, -0.05) is 58.8 Å². The number of phenols is 2. The summed E-state index contributed by atoms with van der Waals surface area (Å²) in [4.78, 5) is 12.8. The smallest absolute Gasteiger partial charge is 0.231 e. The molecule has 0 saturated carbocycles. The zero-order valence-corrected chi connectivity index (χ0v) is 15.4. The van der Waals surface area contributed by atoms with E-state index in [1.165, 1.54) is 25.7 Å². The van der Waals surface area contributed by atoms with E-state index in [0.29, 0.717) is 24.0 Å². The van der Waals surface area contributed by atoms with Gasteiger partial charge < -0.3 is 19.7 Å². The van der Waals surface area contributed by atoms with E-state index in [9.17, 15) is 15.0 Å². The van der Waals surface area contributed by atoms with Crippen LogP contribution in [0.2, 0.25) is 0 Å². The molecule has 0 aromatic heterocycles. The number of fused-ring (bicyclic) bond motifs is 1. The SMILES string of the molecule is CCCCCCCCCC(=O)c1c(CCC)c(O)c(O)c2c1OCO2. The lowest BCUT2D eigenvalue weighted by molar-refractivity contribution is 0.0973. The number of aromatic hydroxyl groups is 2. The highest BCUT2D eigenvalue weighted by molar-refractivity contribution is 6.02. The zero-order chi connectivity index (χ0) is 18.2. The van der Waals surface area contributed by atoms with E-state index >= 15 is 0 Å². The number of hydrogen-bond acceptors (Lipinski definition) is 5. The lowest BCUT2D eigenvalue weighted by atomic mass is 9.93. The fourth-order valence-electron chi connectivity index (χ4n) is 3.30. The van der Waals surface area contributed by atoms with Gasteiger partial charge in [0.05, 0.1) is 5.56 Å². The largest absolute Gasteiger partial charge is 0.504 e. The molecule has 1 aromatic rings. The van der Waals surface area contributed by atoms with Gasteiger partial charge in [0.25, 0.3) is 0 Å². The molecule has 1 aliphatic heterocycles. The monoisotopic (exact) mass is 350 g/mol. The number of Topliss-reactive ketones (excluding diaryl/α,β-unsaturated/α-hetero) is 1. The fourth-order valence-corrected chi connectivity index (χ4v) is 3.30. The first-order valence-electron chi connectivity index (χ1n) is 9.51. The number of ether oxygens (including phenoxy) is 2. The standard InChI is InChI=1S/C20H30O5/c1-3-5-6-7-8-9-10-12-15(21)16-14(11-4-2)17(22)18(23)20-19(16)24-13-25-20/h22-23H,3-13H2,1-2H3. The predicted molar refractivity (Wildman–Crippen MR) is 96.8 cm³/mol. The van der Waals surface area contributed by atoms with E-state index < -0.39 is 0 Å². The lowest BCUT2D eigenvalue weighted by Gasteiger charge is -2.14. The van der Waals surface area contributed by atoms with Crippen LogP contribution in [0.3, 0.4) is 0 Å². The number of carbonyl (C=O) groups is 1. The Hall–Kier alpha value is -1.91. The molecule has 140 valence electrons. The second-order valence-corrected chi connectivity index (χ2v) is 6.66. The van der Waals surface area contributed by atoms with Crippen molar-refractivity contribution in [2.45, 2.75) is 78.1 Å². The van der Waals surface area contributed by atoms with E-state index in [1.807, 2.05) is 6.92 Å². The van der Waals surface area contributed by atoms with Gasteiger partial charge in [0, 0.05) is 12.0 Å². The van der Waals surface area contributed by atoms with Crippen LogP contribution >= 0.6 is 0 Å². The highest BCUT2D eigenvalue weighted by Crippen LogP contribution is 2.51. The molecular weight excluding hydrogens is 320 g/mol. The van der Waals surface area contributed by atoms with Gasteiger partial charge in [-0.05, 0) is 12.8 Å². The number of ketones is 1. The molecule has 0 bridgehead atoms. The Balaban J connectivity index is 2.06. The van der Waals surface area contributed by atoms with Crippen LogP contribution in [-0.4, -0.2) is 22.8 Å². The summed E-state index contributed by atoms with van der Waals surface area (Å²) in [5.41, 5.74) is 0.854. The molecule has 5 nitrogen and oxygen atoms in total. The Morgan fingerprint density at radius 3 is 2.20 bits per heavy atom. The molecule has 0 fully saturated rings. The molecule has 0 unspecified atom stereocenters. The summed E-state index contributed by atoms with van der Waals surface area (Å²) in [5, 5.41) is 20.4. The Bertz CT molecular complexity index is 594. The Morgan fingerprint density at radius 2 is 1.52 bits per heavy atom. The van der Waals surface area contributed by atoms with Crippen molar-refractivity contribution < 1.29 is 24.5 Å². The van der Waals surface area contributed by atoms with E-state index in [0.717, 1.165) is 25.7 Å². The fraction of sp³-hybridized carbons (Fsp3) is 0.650. The molecule has 1 heterocycles. The minimum atomic E-state index is -0.330. The molecule has 5 heteroatoms. The summed E-state index contributed by atoms with van der Waals surface area (Å²) in [7, 11) is 0. The molecule has 0 radical (unpaired) electrons. The summed E-state index contributed by atoms with van der Waals surface area (Å²) >= 11 is 0. The van der Waals surface area contributed by atoms with Gasteiger partial charge in [-0.3, -0.25) is 4.79 Å².